The number of benzene rings is 2. The Morgan fingerprint density at radius 2 is 1.96 bits per heavy atom. The zero-order chi connectivity index (χ0) is 19.2. The van der Waals surface area contributed by atoms with Crippen LogP contribution in [-0.2, 0) is 4.79 Å². The summed E-state index contributed by atoms with van der Waals surface area (Å²) in [6.07, 6.45) is 3.40. The van der Waals surface area contributed by atoms with Crippen molar-refractivity contribution >= 4 is 29.3 Å². The first-order valence-corrected chi connectivity index (χ1v) is 8.49. The number of aromatic nitrogens is 1. The minimum absolute atomic E-state index is 0.0107. The van der Waals surface area contributed by atoms with Crippen molar-refractivity contribution < 1.29 is 9.53 Å². The van der Waals surface area contributed by atoms with E-state index < -0.39 is 5.91 Å². The van der Waals surface area contributed by atoms with Crippen molar-refractivity contribution in [1.82, 2.24) is 4.57 Å². The highest BCUT2D eigenvalue weighted by molar-refractivity contribution is 6.31. The summed E-state index contributed by atoms with van der Waals surface area (Å²) in [5, 5.41) is 12.6. The van der Waals surface area contributed by atoms with Crippen LogP contribution in [0.3, 0.4) is 0 Å². The number of rotatable bonds is 5. The summed E-state index contributed by atoms with van der Waals surface area (Å²) in [5.41, 5.74) is 2.11. The van der Waals surface area contributed by atoms with Gasteiger partial charge in [0, 0.05) is 28.3 Å². The normalized spacial score (nSPS) is 10.9. The third-order valence-electron chi connectivity index (χ3n) is 3.87. The molecule has 1 amide bonds. The van der Waals surface area contributed by atoms with Gasteiger partial charge >= 0.3 is 0 Å². The Kier molecular flexibility index (Phi) is 5.60. The van der Waals surface area contributed by atoms with Crippen LogP contribution in [0.4, 0.5) is 5.69 Å². The lowest BCUT2D eigenvalue weighted by Gasteiger charge is -2.09. The summed E-state index contributed by atoms with van der Waals surface area (Å²) >= 11 is 5.92. The zero-order valence-corrected chi connectivity index (χ0v) is 15.3. The van der Waals surface area contributed by atoms with Gasteiger partial charge in [0.2, 0.25) is 0 Å². The van der Waals surface area contributed by atoms with E-state index in [1.165, 1.54) is 0 Å². The first kappa shape index (κ1) is 18.3. The van der Waals surface area contributed by atoms with E-state index in [2.05, 4.69) is 5.32 Å². The molecule has 134 valence electrons. The predicted molar refractivity (Wildman–Crippen MR) is 106 cm³/mol. The minimum Gasteiger partial charge on any atom is -0.497 e. The molecule has 0 spiro atoms. The first-order chi connectivity index (χ1) is 13.1. The van der Waals surface area contributed by atoms with Crippen LogP contribution in [0.15, 0.2) is 72.4 Å². The number of nitriles is 1. The number of hydrogen-bond donors (Lipinski definition) is 1. The number of carbonyl (C=O) groups excluding carboxylic acids is 1. The topological polar surface area (TPSA) is 67.0 Å². The van der Waals surface area contributed by atoms with Gasteiger partial charge in [0.15, 0.2) is 0 Å². The molecular formula is C21H16ClN3O2. The molecule has 0 unspecified atom stereocenters. The number of halogens is 1. The maximum Gasteiger partial charge on any atom is 0.266 e. The molecular weight excluding hydrogens is 362 g/mol. The molecule has 1 heterocycles. The zero-order valence-electron chi connectivity index (χ0n) is 14.5. The number of nitrogens with zero attached hydrogens (tertiary/aromatic N) is 2. The molecule has 0 saturated carbocycles. The molecule has 3 rings (SSSR count). The van der Waals surface area contributed by atoms with Gasteiger partial charge in [-0.2, -0.15) is 5.26 Å². The van der Waals surface area contributed by atoms with Gasteiger partial charge in [-0.15, -0.1) is 0 Å². The second-order valence-electron chi connectivity index (χ2n) is 5.64. The fourth-order valence-corrected chi connectivity index (χ4v) is 2.74. The minimum atomic E-state index is -0.498. The van der Waals surface area contributed by atoms with Crippen LogP contribution in [0.5, 0.6) is 5.75 Å². The summed E-state index contributed by atoms with van der Waals surface area (Å²) in [4.78, 5) is 12.4. The highest BCUT2D eigenvalue weighted by Crippen LogP contribution is 2.20. The van der Waals surface area contributed by atoms with Gasteiger partial charge in [-0.1, -0.05) is 17.7 Å². The molecule has 27 heavy (non-hydrogen) atoms. The Morgan fingerprint density at radius 3 is 2.63 bits per heavy atom. The van der Waals surface area contributed by atoms with E-state index in [0.29, 0.717) is 16.4 Å². The third kappa shape index (κ3) is 4.38. The van der Waals surface area contributed by atoms with Crippen LogP contribution >= 0.6 is 11.6 Å². The Morgan fingerprint density at radius 1 is 1.19 bits per heavy atom. The quantitative estimate of drug-likeness (QED) is 0.518. The van der Waals surface area contributed by atoms with Crippen molar-refractivity contribution in [3.05, 3.63) is 83.2 Å². The van der Waals surface area contributed by atoms with E-state index in [9.17, 15) is 10.1 Å². The third-order valence-corrected chi connectivity index (χ3v) is 4.11. The number of nitrogens with one attached hydrogen (secondary N) is 1. The van der Waals surface area contributed by atoms with Crippen molar-refractivity contribution in [2.75, 3.05) is 12.4 Å². The highest BCUT2D eigenvalue weighted by atomic mass is 35.5. The smallest absolute Gasteiger partial charge is 0.266 e. The van der Waals surface area contributed by atoms with Gasteiger partial charge in [0.25, 0.3) is 5.91 Å². The Balaban J connectivity index is 1.87. The fraction of sp³-hybridized carbons (Fsp3) is 0.0476. The molecule has 2 aromatic carbocycles. The van der Waals surface area contributed by atoms with Gasteiger partial charge in [-0.05, 0) is 60.7 Å². The van der Waals surface area contributed by atoms with Crippen LogP contribution < -0.4 is 10.1 Å². The number of hydrogen-bond acceptors (Lipinski definition) is 3. The van der Waals surface area contributed by atoms with Crippen LogP contribution in [0.2, 0.25) is 5.02 Å². The number of methoxy groups -OCH3 is 1. The maximum absolute atomic E-state index is 12.4. The van der Waals surface area contributed by atoms with E-state index in [-0.39, 0.29) is 5.57 Å². The molecule has 3 aromatic rings. The molecule has 0 fully saturated rings. The van der Waals surface area contributed by atoms with Crippen LogP contribution in [0, 0.1) is 11.3 Å². The lowest BCUT2D eigenvalue weighted by molar-refractivity contribution is -0.112. The molecule has 0 aliphatic carbocycles. The van der Waals surface area contributed by atoms with E-state index in [1.807, 2.05) is 53.2 Å². The van der Waals surface area contributed by atoms with Crippen molar-refractivity contribution in [3.63, 3.8) is 0 Å². The van der Waals surface area contributed by atoms with Crippen LogP contribution in [0.25, 0.3) is 11.8 Å². The van der Waals surface area contributed by atoms with E-state index in [0.717, 1.165) is 11.4 Å². The van der Waals surface area contributed by atoms with Crippen molar-refractivity contribution in [2.45, 2.75) is 0 Å². The lowest BCUT2D eigenvalue weighted by Crippen LogP contribution is -2.13. The SMILES string of the molecule is COc1ccc(-n2cccc2/C=C(/C#N)C(=O)Nc2cccc(Cl)c2)cc1. The van der Waals surface area contributed by atoms with Gasteiger partial charge in [-0.25, -0.2) is 0 Å². The largest absolute Gasteiger partial charge is 0.497 e. The Labute approximate surface area is 162 Å². The average molecular weight is 378 g/mol. The Hall–Kier alpha value is -3.49. The molecule has 1 N–H and O–H groups in total. The molecule has 0 bridgehead atoms. The van der Waals surface area contributed by atoms with Gasteiger partial charge in [-0.3, -0.25) is 4.79 Å². The van der Waals surface area contributed by atoms with Gasteiger partial charge in [0.05, 0.1) is 7.11 Å². The van der Waals surface area contributed by atoms with Crippen LogP contribution in [0.1, 0.15) is 5.69 Å². The first-order valence-electron chi connectivity index (χ1n) is 8.11. The van der Waals surface area contributed by atoms with E-state index in [1.54, 1.807) is 37.5 Å². The molecule has 0 aliphatic heterocycles. The van der Waals surface area contributed by atoms with Crippen molar-refractivity contribution in [1.29, 1.82) is 5.26 Å². The second-order valence-corrected chi connectivity index (χ2v) is 6.07. The predicted octanol–water partition coefficient (Wildman–Crippen LogP) is 4.68. The summed E-state index contributed by atoms with van der Waals surface area (Å²) in [5.74, 6) is 0.254. The molecule has 1 aromatic heterocycles. The summed E-state index contributed by atoms with van der Waals surface area (Å²) in [6.45, 7) is 0. The monoisotopic (exact) mass is 377 g/mol. The molecule has 6 heteroatoms. The maximum atomic E-state index is 12.4. The summed E-state index contributed by atoms with van der Waals surface area (Å²) in [6, 6.07) is 19.9. The number of amides is 1. The molecule has 0 radical (unpaired) electrons. The Bertz CT molecular complexity index is 1030. The van der Waals surface area contributed by atoms with Crippen molar-refractivity contribution in [3.8, 4) is 17.5 Å². The molecule has 0 saturated heterocycles. The molecule has 0 aliphatic rings. The summed E-state index contributed by atoms with van der Waals surface area (Å²) < 4.78 is 7.05. The van der Waals surface area contributed by atoms with E-state index >= 15 is 0 Å². The van der Waals surface area contributed by atoms with Crippen LogP contribution in [-0.4, -0.2) is 17.6 Å². The summed E-state index contributed by atoms with van der Waals surface area (Å²) in [7, 11) is 1.61. The molecule has 5 nitrogen and oxygen atoms in total. The fourth-order valence-electron chi connectivity index (χ4n) is 2.55. The molecule has 0 atom stereocenters. The number of carbonyl (C=O) groups is 1. The number of ether oxygens (including phenoxy) is 1. The standard InChI is InChI=1S/C21H16ClN3O2/c1-27-20-9-7-18(8-10-20)25-11-3-6-19(25)12-15(14-23)21(26)24-17-5-2-4-16(22)13-17/h2-13H,1H3,(H,24,26)/b15-12-. The van der Waals surface area contributed by atoms with E-state index in [4.69, 9.17) is 16.3 Å². The van der Waals surface area contributed by atoms with Crippen molar-refractivity contribution in [2.24, 2.45) is 0 Å². The lowest BCUT2D eigenvalue weighted by atomic mass is 10.2. The second kappa shape index (κ2) is 8.26. The van der Waals surface area contributed by atoms with Gasteiger partial charge in [0.1, 0.15) is 17.4 Å². The van der Waals surface area contributed by atoms with Gasteiger partial charge < -0.3 is 14.6 Å². The average Bonchev–Trinajstić information content (AvgIpc) is 3.14. The number of anilines is 1. The highest BCUT2D eigenvalue weighted by Gasteiger charge is 2.11.